The number of carbonyl (C=O) groups is 1. The first kappa shape index (κ1) is 14.5. The summed E-state index contributed by atoms with van der Waals surface area (Å²) in [7, 11) is 0. The lowest BCUT2D eigenvalue weighted by atomic mass is 9.99. The third-order valence-corrected chi connectivity index (χ3v) is 3.21. The summed E-state index contributed by atoms with van der Waals surface area (Å²) in [4.78, 5) is 22.2. The number of Topliss-reactive ketones (excluding diaryl/α,β-unsaturated/α-hetero) is 1. The quantitative estimate of drug-likeness (QED) is 0.511. The molecule has 0 aliphatic carbocycles. The van der Waals surface area contributed by atoms with Crippen molar-refractivity contribution in [3.63, 3.8) is 0 Å². The van der Waals surface area contributed by atoms with E-state index in [1.165, 1.54) is 43.3 Å². The van der Waals surface area contributed by atoms with E-state index in [2.05, 4.69) is 0 Å². The van der Waals surface area contributed by atoms with E-state index in [1.54, 1.807) is 0 Å². The third-order valence-electron chi connectivity index (χ3n) is 3.21. The first-order valence-corrected chi connectivity index (χ1v) is 6.18. The Labute approximate surface area is 120 Å². The molecule has 0 radical (unpaired) electrons. The average Bonchev–Trinajstić information content (AvgIpc) is 2.45. The third kappa shape index (κ3) is 3.00. The van der Waals surface area contributed by atoms with Gasteiger partial charge in [-0.1, -0.05) is 12.1 Å². The van der Waals surface area contributed by atoms with Crippen molar-refractivity contribution in [1.29, 1.82) is 0 Å². The molecular formula is C15H13NO5. The maximum absolute atomic E-state index is 12.1. The summed E-state index contributed by atoms with van der Waals surface area (Å²) >= 11 is 0. The molecule has 0 amide bonds. The molecule has 2 N–H and O–H groups in total. The van der Waals surface area contributed by atoms with Gasteiger partial charge in [-0.3, -0.25) is 14.9 Å². The highest BCUT2D eigenvalue weighted by Gasteiger charge is 2.16. The van der Waals surface area contributed by atoms with Gasteiger partial charge >= 0.3 is 0 Å². The van der Waals surface area contributed by atoms with E-state index in [0.717, 1.165) is 0 Å². The lowest BCUT2D eigenvalue weighted by molar-refractivity contribution is -0.384. The fourth-order valence-electron chi connectivity index (χ4n) is 1.93. The molecule has 21 heavy (non-hydrogen) atoms. The number of benzene rings is 2. The molecule has 108 valence electrons. The minimum atomic E-state index is -0.513. The van der Waals surface area contributed by atoms with E-state index >= 15 is 0 Å². The number of ketones is 1. The molecule has 0 saturated heterocycles. The van der Waals surface area contributed by atoms with E-state index in [9.17, 15) is 25.1 Å². The smallest absolute Gasteiger partial charge is 0.269 e. The van der Waals surface area contributed by atoms with Crippen molar-refractivity contribution in [2.24, 2.45) is 0 Å². The molecule has 0 aromatic heterocycles. The molecule has 6 heteroatoms. The van der Waals surface area contributed by atoms with Crippen LogP contribution in [0.25, 0.3) is 0 Å². The fraction of sp³-hybridized carbons (Fsp3) is 0.133. The molecule has 0 spiro atoms. The molecule has 0 bridgehead atoms. The lowest BCUT2D eigenvalue weighted by Gasteiger charge is -2.08. The number of hydrogen-bond acceptors (Lipinski definition) is 5. The number of rotatable bonds is 4. The van der Waals surface area contributed by atoms with Crippen LogP contribution in [0.3, 0.4) is 0 Å². The van der Waals surface area contributed by atoms with Gasteiger partial charge < -0.3 is 10.2 Å². The van der Waals surface area contributed by atoms with Gasteiger partial charge in [-0.05, 0) is 24.6 Å². The molecule has 0 atom stereocenters. The molecule has 2 rings (SSSR count). The van der Waals surface area contributed by atoms with Crippen molar-refractivity contribution in [3.05, 3.63) is 63.2 Å². The number of nitro benzene ring substituents is 1. The number of nitro groups is 1. The Bertz CT molecular complexity index is 707. The Hall–Kier alpha value is -2.89. The maximum Gasteiger partial charge on any atom is 0.269 e. The lowest BCUT2D eigenvalue weighted by Crippen LogP contribution is -2.04. The first-order chi connectivity index (χ1) is 9.90. The number of nitrogens with zero attached hydrogens (tertiary/aromatic N) is 1. The van der Waals surface area contributed by atoms with Crippen molar-refractivity contribution in [3.8, 4) is 11.5 Å². The van der Waals surface area contributed by atoms with Gasteiger partial charge in [0.2, 0.25) is 0 Å². The number of hydrogen-bond donors (Lipinski definition) is 2. The van der Waals surface area contributed by atoms with Crippen LogP contribution < -0.4 is 0 Å². The van der Waals surface area contributed by atoms with Crippen molar-refractivity contribution in [2.75, 3.05) is 0 Å². The van der Waals surface area contributed by atoms with E-state index in [0.29, 0.717) is 5.56 Å². The van der Waals surface area contributed by atoms with Crippen LogP contribution >= 0.6 is 0 Å². The SMILES string of the molecule is Cc1c(O)ccc(C(=O)Cc2ccc([N+](=O)[O-])cc2)c1O. The summed E-state index contributed by atoms with van der Waals surface area (Å²) in [5.41, 5.74) is 0.915. The topological polar surface area (TPSA) is 101 Å². The Morgan fingerprint density at radius 3 is 2.33 bits per heavy atom. The minimum absolute atomic E-state index is 0.00969. The maximum atomic E-state index is 12.1. The van der Waals surface area contributed by atoms with Gasteiger partial charge in [0.15, 0.2) is 5.78 Å². The predicted molar refractivity (Wildman–Crippen MR) is 75.6 cm³/mol. The highest BCUT2D eigenvalue weighted by Crippen LogP contribution is 2.30. The fourth-order valence-corrected chi connectivity index (χ4v) is 1.93. The molecular weight excluding hydrogens is 274 g/mol. The Kier molecular flexibility index (Phi) is 3.89. The zero-order valence-electron chi connectivity index (χ0n) is 11.2. The Morgan fingerprint density at radius 1 is 1.14 bits per heavy atom. The number of aromatic hydroxyl groups is 2. The summed E-state index contributed by atoms with van der Waals surface area (Å²) < 4.78 is 0. The molecule has 0 fully saturated rings. The van der Waals surface area contributed by atoms with Crippen LogP contribution in [0.4, 0.5) is 5.69 Å². The second kappa shape index (κ2) is 5.62. The molecule has 0 aliphatic heterocycles. The molecule has 2 aromatic carbocycles. The van der Waals surface area contributed by atoms with E-state index in [4.69, 9.17) is 0 Å². The Balaban J connectivity index is 2.22. The van der Waals surface area contributed by atoms with Gasteiger partial charge in [0.25, 0.3) is 5.69 Å². The van der Waals surface area contributed by atoms with Gasteiger partial charge in [-0.25, -0.2) is 0 Å². The van der Waals surface area contributed by atoms with Crippen LogP contribution in [-0.4, -0.2) is 20.9 Å². The molecule has 0 unspecified atom stereocenters. The Morgan fingerprint density at radius 2 is 1.76 bits per heavy atom. The van der Waals surface area contributed by atoms with Gasteiger partial charge in [0.05, 0.1) is 10.5 Å². The predicted octanol–water partition coefficient (Wildman–Crippen LogP) is 2.74. The van der Waals surface area contributed by atoms with Gasteiger partial charge in [-0.15, -0.1) is 0 Å². The van der Waals surface area contributed by atoms with Gasteiger partial charge in [-0.2, -0.15) is 0 Å². The highest BCUT2D eigenvalue weighted by molar-refractivity contribution is 6.00. The van der Waals surface area contributed by atoms with E-state index in [-0.39, 0.29) is 40.5 Å². The second-order valence-electron chi connectivity index (χ2n) is 4.63. The van der Waals surface area contributed by atoms with Crippen LogP contribution in [0.2, 0.25) is 0 Å². The van der Waals surface area contributed by atoms with E-state index in [1.807, 2.05) is 0 Å². The monoisotopic (exact) mass is 287 g/mol. The average molecular weight is 287 g/mol. The van der Waals surface area contributed by atoms with Gasteiger partial charge in [0.1, 0.15) is 11.5 Å². The summed E-state index contributed by atoms with van der Waals surface area (Å²) in [5, 5.41) is 29.9. The summed E-state index contributed by atoms with van der Waals surface area (Å²) in [6.07, 6.45) is 0.00969. The molecule has 0 aliphatic rings. The second-order valence-corrected chi connectivity index (χ2v) is 4.63. The molecule has 2 aromatic rings. The first-order valence-electron chi connectivity index (χ1n) is 6.18. The van der Waals surface area contributed by atoms with Crippen molar-refractivity contribution < 1.29 is 19.9 Å². The molecule has 0 heterocycles. The minimum Gasteiger partial charge on any atom is -0.508 e. The number of phenols is 2. The van der Waals surface area contributed by atoms with Crippen molar-refractivity contribution in [1.82, 2.24) is 0 Å². The molecule has 0 saturated carbocycles. The standard InChI is InChI=1S/C15H13NO5/c1-9-13(17)7-6-12(15(9)19)14(18)8-10-2-4-11(5-3-10)16(20)21/h2-7,17,19H,8H2,1H3. The summed E-state index contributed by atoms with van der Waals surface area (Å²) in [6, 6.07) is 8.35. The van der Waals surface area contributed by atoms with Crippen LogP contribution in [0, 0.1) is 17.0 Å². The van der Waals surface area contributed by atoms with Crippen LogP contribution in [0.15, 0.2) is 36.4 Å². The largest absolute Gasteiger partial charge is 0.508 e. The van der Waals surface area contributed by atoms with Gasteiger partial charge in [0, 0.05) is 24.1 Å². The zero-order chi connectivity index (χ0) is 15.6. The van der Waals surface area contributed by atoms with Crippen LogP contribution in [0.1, 0.15) is 21.5 Å². The number of carbonyl (C=O) groups excluding carboxylic acids is 1. The summed E-state index contributed by atoms with van der Waals surface area (Å²) in [6.45, 7) is 1.51. The van der Waals surface area contributed by atoms with E-state index < -0.39 is 4.92 Å². The van der Waals surface area contributed by atoms with Crippen molar-refractivity contribution in [2.45, 2.75) is 13.3 Å². The summed E-state index contributed by atoms with van der Waals surface area (Å²) in [5.74, 6) is -0.661. The van der Waals surface area contributed by atoms with Crippen LogP contribution in [0.5, 0.6) is 11.5 Å². The van der Waals surface area contributed by atoms with Crippen LogP contribution in [-0.2, 0) is 6.42 Å². The normalized spacial score (nSPS) is 10.3. The molecule has 6 nitrogen and oxygen atoms in total. The number of non-ortho nitro benzene ring substituents is 1. The highest BCUT2D eigenvalue weighted by atomic mass is 16.6. The zero-order valence-corrected chi connectivity index (χ0v) is 11.2. The number of phenolic OH excluding ortho intramolecular Hbond substituents is 2. The van der Waals surface area contributed by atoms with Crippen molar-refractivity contribution >= 4 is 11.5 Å².